The van der Waals surface area contributed by atoms with Crippen LogP contribution < -0.4 is 10.5 Å². The molecule has 2 fully saturated rings. The maximum absolute atomic E-state index is 13.4. The summed E-state index contributed by atoms with van der Waals surface area (Å²) in [6.45, 7) is 10.3. The van der Waals surface area contributed by atoms with Crippen LogP contribution in [0, 0.1) is 18.3 Å². The minimum atomic E-state index is -0.292. The van der Waals surface area contributed by atoms with E-state index >= 15 is 0 Å². The van der Waals surface area contributed by atoms with E-state index in [2.05, 4.69) is 17.9 Å². The van der Waals surface area contributed by atoms with Crippen LogP contribution in [0.3, 0.4) is 0 Å². The molecule has 2 saturated heterocycles. The van der Waals surface area contributed by atoms with Gasteiger partial charge in [0.25, 0.3) is 11.5 Å². The predicted molar refractivity (Wildman–Crippen MR) is 139 cm³/mol. The third-order valence-electron chi connectivity index (χ3n) is 5.97. The number of carbonyl (C=O) groups excluding carboxylic acids is 1. The van der Waals surface area contributed by atoms with Crippen molar-refractivity contribution in [3.63, 3.8) is 0 Å². The summed E-state index contributed by atoms with van der Waals surface area (Å²) in [6, 6.07) is 2.10. The summed E-state index contributed by atoms with van der Waals surface area (Å²) in [5.41, 5.74) is 1.10. The molecule has 2 aliphatic rings. The Morgan fingerprint density at radius 1 is 1.26 bits per heavy atom. The fourth-order valence-electron chi connectivity index (χ4n) is 4.37. The molecule has 184 valence electrons. The maximum atomic E-state index is 13.4. The second-order valence-electron chi connectivity index (χ2n) is 8.65. The minimum absolute atomic E-state index is 0.0190. The molecule has 0 N–H and O–H groups in total. The number of nitrogens with zero attached hydrogens (tertiary/aromatic N) is 4. The Balaban J connectivity index is 2.22. The molecule has 34 heavy (non-hydrogen) atoms. The van der Waals surface area contributed by atoms with Gasteiger partial charge in [-0.25, -0.2) is 0 Å². The molecule has 2 aliphatic heterocycles. The molecular formula is C24H32N4O4S2. The first-order chi connectivity index (χ1) is 16.2. The minimum Gasteiger partial charge on any atom is -0.383 e. The number of unbranched alkanes of at least 4 members (excludes halogenated alkanes) is 1. The number of amides is 1. The topological polar surface area (TPSA) is 87.8 Å². The molecule has 1 aromatic heterocycles. The van der Waals surface area contributed by atoms with Crippen molar-refractivity contribution in [3.05, 3.63) is 31.9 Å². The lowest BCUT2D eigenvalue weighted by Crippen LogP contribution is -2.48. The number of nitriles is 1. The summed E-state index contributed by atoms with van der Waals surface area (Å²) in [5.74, 6) is 0.546. The largest absolute Gasteiger partial charge is 0.383 e. The highest BCUT2D eigenvalue weighted by Gasteiger charge is 2.34. The highest BCUT2D eigenvalue weighted by Crippen LogP contribution is 2.36. The van der Waals surface area contributed by atoms with E-state index in [0.717, 1.165) is 18.7 Å². The van der Waals surface area contributed by atoms with Gasteiger partial charge in [0, 0.05) is 32.3 Å². The predicted octanol–water partition coefficient (Wildman–Crippen LogP) is 3.29. The number of methoxy groups -OCH3 is 1. The van der Waals surface area contributed by atoms with E-state index in [4.69, 9.17) is 21.7 Å². The molecule has 8 nitrogen and oxygen atoms in total. The quantitative estimate of drug-likeness (QED) is 0.394. The second kappa shape index (κ2) is 11.5. The second-order valence-corrected chi connectivity index (χ2v) is 10.3. The van der Waals surface area contributed by atoms with Gasteiger partial charge in [0.1, 0.15) is 21.8 Å². The Kier molecular flexibility index (Phi) is 8.93. The third-order valence-corrected chi connectivity index (χ3v) is 7.35. The monoisotopic (exact) mass is 504 g/mol. The van der Waals surface area contributed by atoms with E-state index in [1.54, 1.807) is 24.7 Å². The van der Waals surface area contributed by atoms with Gasteiger partial charge in [-0.1, -0.05) is 37.3 Å². The first-order valence-corrected chi connectivity index (χ1v) is 12.8. The normalized spacial score (nSPS) is 22.1. The van der Waals surface area contributed by atoms with Crippen molar-refractivity contribution in [3.8, 4) is 6.07 Å². The van der Waals surface area contributed by atoms with Crippen LogP contribution in [-0.4, -0.2) is 65.3 Å². The highest BCUT2D eigenvalue weighted by molar-refractivity contribution is 8.26. The number of morpholine rings is 1. The van der Waals surface area contributed by atoms with E-state index in [9.17, 15) is 14.9 Å². The fraction of sp³-hybridized carbons (Fsp3) is 0.583. The number of rotatable bonds is 8. The lowest BCUT2D eigenvalue weighted by molar-refractivity contribution is -0.122. The molecule has 10 heteroatoms. The number of hydrogen-bond acceptors (Lipinski definition) is 8. The van der Waals surface area contributed by atoms with Crippen LogP contribution in [-0.2, 0) is 20.8 Å². The number of aromatic nitrogens is 1. The molecule has 3 heterocycles. The van der Waals surface area contributed by atoms with Gasteiger partial charge in [-0.2, -0.15) is 5.26 Å². The van der Waals surface area contributed by atoms with Crippen LogP contribution in [0.5, 0.6) is 0 Å². The van der Waals surface area contributed by atoms with Crippen molar-refractivity contribution in [2.75, 3.05) is 38.3 Å². The van der Waals surface area contributed by atoms with Crippen LogP contribution in [0.2, 0.25) is 0 Å². The molecule has 1 amide bonds. The first kappa shape index (κ1) is 26.4. The number of hydrogen-bond donors (Lipinski definition) is 0. The van der Waals surface area contributed by atoms with E-state index < -0.39 is 0 Å². The molecule has 0 aromatic carbocycles. The van der Waals surface area contributed by atoms with Crippen molar-refractivity contribution < 1.29 is 14.3 Å². The molecule has 0 spiro atoms. The van der Waals surface area contributed by atoms with Gasteiger partial charge in [-0.15, -0.1) is 0 Å². The van der Waals surface area contributed by atoms with Gasteiger partial charge in [-0.3, -0.25) is 19.1 Å². The number of pyridine rings is 1. The number of thioether (sulfide) groups is 1. The van der Waals surface area contributed by atoms with Crippen LogP contribution in [0.1, 0.15) is 50.3 Å². The Bertz CT molecular complexity index is 1080. The molecule has 0 saturated carbocycles. The number of thiocarbonyl (C=S) groups is 1. The smallest absolute Gasteiger partial charge is 0.270 e. The van der Waals surface area contributed by atoms with Crippen LogP contribution >= 0.6 is 24.0 Å². The van der Waals surface area contributed by atoms with Gasteiger partial charge >= 0.3 is 0 Å². The number of anilines is 1. The van der Waals surface area contributed by atoms with Gasteiger partial charge in [0.05, 0.1) is 30.3 Å². The van der Waals surface area contributed by atoms with Crippen molar-refractivity contribution in [2.24, 2.45) is 0 Å². The maximum Gasteiger partial charge on any atom is 0.270 e. The molecule has 0 bridgehead atoms. The standard InChI is InChI=1S/C24H32N4O4S2/c1-6-7-8-27-21(26-13-15(2)32-16(3)14-26)18(17(4)19(12-25)22(27)29)11-20-23(30)28(9-10-31-5)24(33)34-20/h11,15-16H,6-10,13-14H2,1-5H3. The average molecular weight is 505 g/mol. The van der Waals surface area contributed by atoms with Crippen molar-refractivity contribution in [2.45, 2.75) is 59.3 Å². The third kappa shape index (κ3) is 5.38. The Labute approximate surface area is 210 Å². The molecule has 0 radical (unpaired) electrons. The van der Waals surface area contributed by atoms with E-state index in [1.807, 2.05) is 13.8 Å². The SMILES string of the molecule is CCCCn1c(N2CC(C)OC(C)C2)c(C=C2SC(=S)N(CCOC)C2=O)c(C)c(C#N)c1=O. The van der Waals surface area contributed by atoms with E-state index in [1.165, 1.54) is 16.7 Å². The summed E-state index contributed by atoms with van der Waals surface area (Å²) >= 11 is 6.67. The Hall–Kier alpha value is -2.19. The van der Waals surface area contributed by atoms with E-state index in [0.29, 0.717) is 53.1 Å². The number of carbonyl (C=O) groups is 1. The summed E-state index contributed by atoms with van der Waals surface area (Å²) in [4.78, 5) is 30.7. The molecule has 2 atom stereocenters. The van der Waals surface area contributed by atoms with Gasteiger partial charge < -0.3 is 14.4 Å². The lowest BCUT2D eigenvalue weighted by atomic mass is 10.0. The molecule has 0 aliphatic carbocycles. The zero-order chi connectivity index (χ0) is 25.0. The van der Waals surface area contributed by atoms with Crippen LogP contribution in [0.4, 0.5) is 5.82 Å². The van der Waals surface area contributed by atoms with Gasteiger partial charge in [0.2, 0.25) is 0 Å². The Morgan fingerprint density at radius 3 is 2.53 bits per heavy atom. The first-order valence-electron chi connectivity index (χ1n) is 11.6. The van der Waals surface area contributed by atoms with Crippen LogP contribution in [0.15, 0.2) is 9.70 Å². The Morgan fingerprint density at radius 2 is 1.94 bits per heavy atom. The molecule has 2 unspecified atom stereocenters. The van der Waals surface area contributed by atoms with Crippen molar-refractivity contribution in [1.82, 2.24) is 9.47 Å². The number of ether oxygens (including phenoxy) is 2. The summed E-state index contributed by atoms with van der Waals surface area (Å²) in [5, 5.41) is 9.82. The molecule has 1 aromatic rings. The summed E-state index contributed by atoms with van der Waals surface area (Å²) in [6.07, 6.45) is 3.47. The van der Waals surface area contributed by atoms with E-state index in [-0.39, 0.29) is 29.2 Å². The zero-order valence-electron chi connectivity index (χ0n) is 20.4. The zero-order valence-corrected chi connectivity index (χ0v) is 22.1. The highest BCUT2D eigenvalue weighted by atomic mass is 32.2. The summed E-state index contributed by atoms with van der Waals surface area (Å²) in [7, 11) is 1.58. The van der Waals surface area contributed by atoms with Crippen molar-refractivity contribution in [1.29, 1.82) is 5.26 Å². The van der Waals surface area contributed by atoms with Crippen LogP contribution in [0.25, 0.3) is 6.08 Å². The molecule has 3 rings (SSSR count). The van der Waals surface area contributed by atoms with Gasteiger partial charge in [-0.05, 0) is 38.8 Å². The fourth-order valence-corrected chi connectivity index (χ4v) is 5.66. The molecular weight excluding hydrogens is 472 g/mol. The van der Waals surface area contributed by atoms with Gasteiger partial charge in [0.15, 0.2) is 0 Å². The van der Waals surface area contributed by atoms with Crippen molar-refractivity contribution >= 4 is 46.1 Å². The summed E-state index contributed by atoms with van der Waals surface area (Å²) < 4.78 is 13.2. The average Bonchev–Trinajstić information content (AvgIpc) is 3.05. The lowest BCUT2D eigenvalue weighted by Gasteiger charge is -2.39.